The zero-order chi connectivity index (χ0) is 22.7. The van der Waals surface area contributed by atoms with E-state index in [1.165, 1.54) is 5.56 Å². The number of hydrogen-bond donors (Lipinski definition) is 0. The lowest BCUT2D eigenvalue weighted by Gasteiger charge is -2.26. The van der Waals surface area contributed by atoms with Crippen molar-refractivity contribution in [2.75, 3.05) is 0 Å². The maximum absolute atomic E-state index is 11.2. The van der Waals surface area contributed by atoms with E-state index in [9.17, 15) is 4.79 Å². The molecule has 0 radical (unpaired) electrons. The van der Waals surface area contributed by atoms with Crippen LogP contribution in [0.3, 0.4) is 0 Å². The molecule has 1 heterocycles. The second-order valence-corrected chi connectivity index (χ2v) is 9.56. The van der Waals surface area contributed by atoms with E-state index in [1.807, 2.05) is 26.0 Å². The molecule has 0 spiro atoms. The van der Waals surface area contributed by atoms with Crippen LogP contribution >= 0.6 is 23.2 Å². The van der Waals surface area contributed by atoms with Gasteiger partial charge in [0.15, 0.2) is 0 Å². The number of rotatable bonds is 7. The molecule has 0 N–H and O–H groups in total. The molecule has 1 aliphatic rings. The number of aromatic nitrogens is 1. The Balaban J connectivity index is 1.54. The van der Waals surface area contributed by atoms with Gasteiger partial charge in [-0.15, -0.1) is 0 Å². The third kappa shape index (κ3) is 4.87. The minimum atomic E-state index is 0.135. The van der Waals surface area contributed by atoms with Crippen molar-refractivity contribution in [3.8, 4) is 17.0 Å². The Bertz CT molecular complexity index is 1050. The predicted molar refractivity (Wildman–Crippen MR) is 128 cm³/mol. The van der Waals surface area contributed by atoms with Gasteiger partial charge >= 0.3 is 0 Å². The highest BCUT2D eigenvalue weighted by atomic mass is 35.5. The molecule has 0 bridgehead atoms. The van der Waals surface area contributed by atoms with Gasteiger partial charge in [0.2, 0.25) is 0 Å². The van der Waals surface area contributed by atoms with Crippen LogP contribution in [-0.4, -0.2) is 11.4 Å². The van der Waals surface area contributed by atoms with Crippen LogP contribution in [0, 0.1) is 5.92 Å². The molecule has 2 atom stereocenters. The summed E-state index contributed by atoms with van der Waals surface area (Å²) >= 11 is 12.9. The summed E-state index contributed by atoms with van der Waals surface area (Å²) in [7, 11) is 0. The summed E-state index contributed by atoms with van der Waals surface area (Å²) < 4.78 is 11.8. The minimum absolute atomic E-state index is 0.135. The normalized spacial score (nSPS) is 18.7. The number of carbonyl (C=O) groups is 1. The van der Waals surface area contributed by atoms with E-state index in [-0.39, 0.29) is 11.8 Å². The van der Waals surface area contributed by atoms with E-state index >= 15 is 0 Å². The topological polar surface area (TPSA) is 52.3 Å². The molecule has 0 saturated heterocycles. The molecule has 2 aromatic carbocycles. The molecular formula is C26H27Cl2NO3. The van der Waals surface area contributed by atoms with Gasteiger partial charge in [0, 0.05) is 17.4 Å². The fraction of sp³-hybridized carbons (Fsp3) is 0.385. The SMILES string of the molecule is CC(C)c1onc(-c2c(Cl)cccc2Cl)c1COc1ccc(C2CCCC(C=O)C2)cc1. The predicted octanol–water partition coefficient (Wildman–Crippen LogP) is 7.82. The van der Waals surface area contributed by atoms with Crippen molar-refractivity contribution in [2.24, 2.45) is 5.92 Å². The van der Waals surface area contributed by atoms with Crippen molar-refractivity contribution in [1.82, 2.24) is 5.16 Å². The molecule has 1 aromatic heterocycles. The molecule has 1 fully saturated rings. The van der Waals surface area contributed by atoms with Crippen molar-refractivity contribution in [2.45, 2.75) is 58.0 Å². The van der Waals surface area contributed by atoms with Crippen LogP contribution in [0.2, 0.25) is 10.0 Å². The van der Waals surface area contributed by atoms with Crippen LogP contribution in [0.25, 0.3) is 11.3 Å². The van der Waals surface area contributed by atoms with Crippen LogP contribution in [0.1, 0.15) is 68.3 Å². The Morgan fingerprint density at radius 1 is 1.12 bits per heavy atom. The molecule has 4 nitrogen and oxygen atoms in total. The third-order valence-corrected chi connectivity index (χ3v) is 6.81. The average molecular weight is 472 g/mol. The number of carbonyl (C=O) groups excluding carboxylic acids is 1. The van der Waals surface area contributed by atoms with Gasteiger partial charge in [0.05, 0.1) is 15.6 Å². The second kappa shape index (κ2) is 10.1. The van der Waals surface area contributed by atoms with E-state index in [4.69, 9.17) is 32.5 Å². The number of ether oxygens (including phenoxy) is 1. The average Bonchev–Trinajstić information content (AvgIpc) is 3.22. The van der Waals surface area contributed by atoms with Gasteiger partial charge in [-0.3, -0.25) is 0 Å². The van der Waals surface area contributed by atoms with Gasteiger partial charge in [0.25, 0.3) is 0 Å². The first kappa shape index (κ1) is 22.9. The first-order valence-electron chi connectivity index (χ1n) is 11.1. The molecule has 2 unspecified atom stereocenters. The van der Waals surface area contributed by atoms with E-state index in [2.05, 4.69) is 17.3 Å². The van der Waals surface area contributed by atoms with E-state index in [1.54, 1.807) is 18.2 Å². The lowest BCUT2D eigenvalue weighted by Crippen LogP contribution is -2.15. The lowest BCUT2D eigenvalue weighted by molar-refractivity contribution is -0.112. The van der Waals surface area contributed by atoms with Crippen molar-refractivity contribution in [1.29, 1.82) is 0 Å². The van der Waals surface area contributed by atoms with E-state index in [0.29, 0.717) is 33.8 Å². The number of hydrogen-bond acceptors (Lipinski definition) is 4. The number of nitrogens with zero attached hydrogens (tertiary/aromatic N) is 1. The molecule has 0 aliphatic heterocycles. The Morgan fingerprint density at radius 2 is 1.84 bits per heavy atom. The van der Waals surface area contributed by atoms with Crippen molar-refractivity contribution in [3.63, 3.8) is 0 Å². The Hall–Kier alpha value is -2.30. The third-order valence-electron chi connectivity index (χ3n) is 6.18. The van der Waals surface area contributed by atoms with Crippen molar-refractivity contribution < 1.29 is 14.1 Å². The molecule has 32 heavy (non-hydrogen) atoms. The summed E-state index contributed by atoms with van der Waals surface area (Å²) in [4.78, 5) is 11.2. The van der Waals surface area contributed by atoms with Gasteiger partial charge < -0.3 is 14.1 Å². The second-order valence-electron chi connectivity index (χ2n) is 8.74. The highest BCUT2D eigenvalue weighted by Crippen LogP contribution is 2.39. The van der Waals surface area contributed by atoms with Crippen molar-refractivity contribution >= 4 is 29.5 Å². The molecule has 1 aliphatic carbocycles. The monoisotopic (exact) mass is 471 g/mol. The fourth-order valence-corrected chi connectivity index (χ4v) is 5.06. The van der Waals surface area contributed by atoms with E-state index < -0.39 is 0 Å². The fourth-order valence-electron chi connectivity index (χ4n) is 4.48. The van der Waals surface area contributed by atoms with Crippen LogP contribution < -0.4 is 4.74 Å². The highest BCUT2D eigenvalue weighted by Gasteiger charge is 2.25. The lowest BCUT2D eigenvalue weighted by atomic mass is 9.78. The number of halogens is 2. The van der Waals surface area contributed by atoms with E-state index in [0.717, 1.165) is 49.0 Å². The highest BCUT2D eigenvalue weighted by molar-refractivity contribution is 6.39. The summed E-state index contributed by atoms with van der Waals surface area (Å²) in [5.74, 6) is 2.28. The molecule has 168 valence electrons. The first-order valence-corrected chi connectivity index (χ1v) is 11.8. The Labute approximate surface area is 198 Å². The maximum Gasteiger partial charge on any atom is 0.146 e. The molecule has 4 rings (SSSR count). The quantitative estimate of drug-likeness (QED) is 0.329. The van der Waals surface area contributed by atoms with Gasteiger partial charge in [-0.05, 0) is 55.0 Å². The molecular weight excluding hydrogens is 445 g/mol. The van der Waals surface area contributed by atoms with Crippen LogP contribution in [-0.2, 0) is 11.4 Å². The molecule has 1 saturated carbocycles. The van der Waals surface area contributed by atoms with Crippen LogP contribution in [0.4, 0.5) is 0 Å². The minimum Gasteiger partial charge on any atom is -0.489 e. The molecule has 6 heteroatoms. The Morgan fingerprint density at radius 3 is 2.50 bits per heavy atom. The largest absolute Gasteiger partial charge is 0.489 e. The standard InChI is InChI=1S/C26H27Cl2NO3/c1-16(2)26-21(25(29-32-26)24-22(27)7-4-8-23(24)28)15-31-20-11-9-18(10-12-20)19-6-3-5-17(13-19)14-30/h4,7-12,14,16-17,19H,3,5-6,13,15H2,1-2H3. The zero-order valence-corrected chi connectivity index (χ0v) is 19.8. The summed E-state index contributed by atoms with van der Waals surface area (Å²) in [6, 6.07) is 13.6. The first-order chi connectivity index (χ1) is 15.5. The molecule has 0 amide bonds. The number of aldehydes is 1. The summed E-state index contributed by atoms with van der Waals surface area (Å²) in [6.45, 7) is 4.39. The van der Waals surface area contributed by atoms with Gasteiger partial charge in [-0.25, -0.2) is 0 Å². The smallest absolute Gasteiger partial charge is 0.146 e. The summed E-state index contributed by atoms with van der Waals surface area (Å²) in [5.41, 5.74) is 3.38. The van der Waals surface area contributed by atoms with Gasteiger partial charge in [0.1, 0.15) is 30.1 Å². The van der Waals surface area contributed by atoms with Crippen molar-refractivity contribution in [3.05, 3.63) is 69.4 Å². The summed E-state index contributed by atoms with van der Waals surface area (Å²) in [6.07, 6.45) is 5.29. The van der Waals surface area contributed by atoms with Gasteiger partial charge in [-0.2, -0.15) is 0 Å². The Kier molecular flexibility index (Phi) is 7.22. The number of benzene rings is 2. The molecule has 3 aromatic rings. The van der Waals surface area contributed by atoms with Gasteiger partial charge in [-0.1, -0.05) is 66.8 Å². The van der Waals surface area contributed by atoms with Crippen LogP contribution in [0.15, 0.2) is 47.0 Å². The van der Waals surface area contributed by atoms with Crippen LogP contribution in [0.5, 0.6) is 5.75 Å². The zero-order valence-electron chi connectivity index (χ0n) is 18.3. The summed E-state index contributed by atoms with van der Waals surface area (Å²) in [5, 5.41) is 5.32. The maximum atomic E-state index is 11.2.